The van der Waals surface area contributed by atoms with E-state index in [9.17, 15) is 4.79 Å². The number of nitrogens with zero attached hydrogens (tertiary/aromatic N) is 3. The Bertz CT molecular complexity index is 282. The van der Waals surface area contributed by atoms with Crippen LogP contribution in [0.3, 0.4) is 0 Å². The maximum atomic E-state index is 11.4. The summed E-state index contributed by atoms with van der Waals surface area (Å²) >= 11 is 0. The van der Waals surface area contributed by atoms with Crippen LogP contribution in [0.25, 0.3) is 0 Å². The van der Waals surface area contributed by atoms with Gasteiger partial charge >= 0.3 is 6.03 Å². The van der Waals surface area contributed by atoms with Crippen LogP contribution in [-0.2, 0) is 0 Å². The van der Waals surface area contributed by atoms with Crippen molar-refractivity contribution in [1.82, 2.24) is 19.8 Å². The highest BCUT2D eigenvalue weighted by Gasteiger charge is 2.01. The van der Waals surface area contributed by atoms with E-state index in [1.807, 2.05) is 14.1 Å². The average molecular weight is 210 g/mol. The fourth-order valence-electron chi connectivity index (χ4n) is 1.22. The topological polar surface area (TPSA) is 50.2 Å². The Morgan fingerprint density at radius 1 is 1.47 bits per heavy atom. The van der Waals surface area contributed by atoms with Gasteiger partial charge in [0, 0.05) is 18.9 Å². The van der Waals surface area contributed by atoms with Gasteiger partial charge in [-0.1, -0.05) is 0 Å². The lowest BCUT2D eigenvalue weighted by Gasteiger charge is -2.09. The van der Waals surface area contributed by atoms with Crippen LogP contribution in [0.4, 0.5) is 4.79 Å². The highest BCUT2D eigenvalue weighted by molar-refractivity contribution is 5.76. The second-order valence-corrected chi connectivity index (χ2v) is 3.71. The zero-order valence-corrected chi connectivity index (χ0v) is 9.31. The van der Waals surface area contributed by atoms with Gasteiger partial charge in [-0.2, -0.15) is 0 Å². The standard InChI is InChI=1S/C10H18N4O/c1-13(2)7-4-3-5-12-10(15)14-8-6-11-9-14/h6,8-9H,3-5,7H2,1-2H3,(H,12,15). The molecule has 1 rings (SSSR count). The fourth-order valence-corrected chi connectivity index (χ4v) is 1.22. The third-order valence-electron chi connectivity index (χ3n) is 2.05. The second kappa shape index (κ2) is 6.19. The van der Waals surface area contributed by atoms with Gasteiger partial charge in [0.05, 0.1) is 0 Å². The van der Waals surface area contributed by atoms with E-state index in [4.69, 9.17) is 0 Å². The fraction of sp³-hybridized carbons (Fsp3) is 0.600. The van der Waals surface area contributed by atoms with Crippen molar-refractivity contribution in [2.24, 2.45) is 0 Å². The summed E-state index contributed by atoms with van der Waals surface area (Å²) in [6.07, 6.45) is 6.81. The molecule has 1 amide bonds. The summed E-state index contributed by atoms with van der Waals surface area (Å²) in [5.41, 5.74) is 0. The van der Waals surface area contributed by atoms with Gasteiger partial charge < -0.3 is 10.2 Å². The van der Waals surface area contributed by atoms with Gasteiger partial charge in [0.1, 0.15) is 6.33 Å². The molecule has 0 radical (unpaired) electrons. The van der Waals surface area contributed by atoms with Gasteiger partial charge in [-0.05, 0) is 33.5 Å². The SMILES string of the molecule is CN(C)CCCCNC(=O)n1ccnc1. The molecule has 0 saturated carbocycles. The van der Waals surface area contributed by atoms with Crippen LogP contribution in [0, 0.1) is 0 Å². The number of carbonyl (C=O) groups excluding carboxylic acids is 1. The van der Waals surface area contributed by atoms with Crippen LogP contribution in [0.5, 0.6) is 0 Å². The van der Waals surface area contributed by atoms with Gasteiger partial charge in [0.15, 0.2) is 0 Å². The molecular weight excluding hydrogens is 192 g/mol. The van der Waals surface area contributed by atoms with Crippen molar-refractivity contribution in [2.45, 2.75) is 12.8 Å². The minimum absolute atomic E-state index is 0.114. The van der Waals surface area contributed by atoms with E-state index in [2.05, 4.69) is 15.2 Å². The predicted molar refractivity (Wildman–Crippen MR) is 58.8 cm³/mol. The first-order valence-electron chi connectivity index (χ1n) is 5.11. The van der Waals surface area contributed by atoms with Crippen molar-refractivity contribution in [1.29, 1.82) is 0 Å². The summed E-state index contributed by atoms with van der Waals surface area (Å²) in [7, 11) is 4.09. The van der Waals surface area contributed by atoms with Crippen LogP contribution in [-0.4, -0.2) is 47.7 Å². The predicted octanol–water partition coefficient (Wildman–Crippen LogP) is 0.783. The molecule has 1 N–H and O–H groups in total. The van der Waals surface area contributed by atoms with Crippen LogP contribution in [0.2, 0.25) is 0 Å². The number of rotatable bonds is 5. The van der Waals surface area contributed by atoms with Gasteiger partial charge in [0.2, 0.25) is 0 Å². The monoisotopic (exact) mass is 210 g/mol. The van der Waals surface area contributed by atoms with Crippen molar-refractivity contribution < 1.29 is 4.79 Å². The molecule has 1 aromatic rings. The van der Waals surface area contributed by atoms with E-state index in [0.29, 0.717) is 6.54 Å². The first-order chi connectivity index (χ1) is 7.20. The third kappa shape index (κ3) is 4.60. The molecule has 5 nitrogen and oxygen atoms in total. The molecule has 0 unspecified atom stereocenters. The number of amides is 1. The van der Waals surface area contributed by atoms with Crippen LogP contribution < -0.4 is 5.32 Å². The summed E-state index contributed by atoms with van der Waals surface area (Å²) in [5.74, 6) is 0. The lowest BCUT2D eigenvalue weighted by Crippen LogP contribution is -2.28. The minimum atomic E-state index is -0.114. The molecule has 0 fully saturated rings. The number of unbranched alkanes of at least 4 members (excludes halogenated alkanes) is 1. The van der Waals surface area contributed by atoms with Crippen LogP contribution in [0.15, 0.2) is 18.7 Å². The van der Waals surface area contributed by atoms with Crippen LogP contribution in [0.1, 0.15) is 12.8 Å². The Morgan fingerprint density at radius 3 is 2.87 bits per heavy atom. The maximum absolute atomic E-state index is 11.4. The van der Waals surface area contributed by atoms with E-state index >= 15 is 0 Å². The molecule has 84 valence electrons. The number of carbonyl (C=O) groups is 1. The molecule has 5 heteroatoms. The highest BCUT2D eigenvalue weighted by atomic mass is 16.2. The Labute approximate surface area is 90.1 Å². The summed E-state index contributed by atoms with van der Waals surface area (Å²) in [5, 5.41) is 2.82. The molecule has 0 bridgehead atoms. The largest absolute Gasteiger partial charge is 0.337 e. The van der Waals surface area contributed by atoms with Crippen molar-refractivity contribution >= 4 is 6.03 Å². The summed E-state index contributed by atoms with van der Waals surface area (Å²) < 4.78 is 1.44. The van der Waals surface area contributed by atoms with Crippen molar-refractivity contribution in [3.05, 3.63) is 18.7 Å². The zero-order valence-electron chi connectivity index (χ0n) is 9.31. The molecule has 15 heavy (non-hydrogen) atoms. The Balaban J connectivity index is 2.08. The van der Waals surface area contributed by atoms with Crippen molar-refractivity contribution in [2.75, 3.05) is 27.2 Å². The average Bonchev–Trinajstić information content (AvgIpc) is 2.69. The molecule has 0 spiro atoms. The van der Waals surface area contributed by atoms with Gasteiger partial charge in [-0.3, -0.25) is 4.57 Å². The highest BCUT2D eigenvalue weighted by Crippen LogP contribution is 1.90. The molecule has 0 aliphatic carbocycles. The number of hydrogen-bond donors (Lipinski definition) is 1. The molecule has 1 aromatic heterocycles. The maximum Gasteiger partial charge on any atom is 0.326 e. The number of aromatic nitrogens is 2. The molecular formula is C10H18N4O. The first kappa shape index (κ1) is 11.7. The van der Waals surface area contributed by atoms with E-state index in [0.717, 1.165) is 19.4 Å². The molecule has 0 aliphatic heterocycles. The Morgan fingerprint density at radius 2 is 2.27 bits per heavy atom. The number of hydrogen-bond acceptors (Lipinski definition) is 3. The molecule has 0 aliphatic rings. The quantitative estimate of drug-likeness (QED) is 0.731. The first-order valence-corrected chi connectivity index (χ1v) is 5.11. The van der Waals surface area contributed by atoms with Gasteiger partial charge in [-0.25, -0.2) is 9.78 Å². The third-order valence-corrected chi connectivity index (χ3v) is 2.05. The minimum Gasteiger partial charge on any atom is -0.337 e. The van der Waals surface area contributed by atoms with E-state index in [1.165, 1.54) is 10.9 Å². The molecule has 0 atom stereocenters. The summed E-state index contributed by atoms with van der Waals surface area (Å²) in [6, 6.07) is -0.114. The molecule has 0 saturated heterocycles. The summed E-state index contributed by atoms with van der Waals surface area (Å²) in [6.45, 7) is 1.77. The number of imidazole rings is 1. The Kier molecular flexibility index (Phi) is 4.83. The lowest BCUT2D eigenvalue weighted by molar-refractivity contribution is 0.242. The van der Waals surface area contributed by atoms with Crippen molar-refractivity contribution in [3.63, 3.8) is 0 Å². The van der Waals surface area contributed by atoms with Gasteiger partial charge in [0.25, 0.3) is 0 Å². The van der Waals surface area contributed by atoms with Crippen LogP contribution >= 0.6 is 0 Å². The normalized spacial score (nSPS) is 10.6. The van der Waals surface area contributed by atoms with E-state index in [-0.39, 0.29) is 6.03 Å². The smallest absolute Gasteiger partial charge is 0.326 e. The lowest BCUT2D eigenvalue weighted by atomic mass is 10.3. The second-order valence-electron chi connectivity index (χ2n) is 3.71. The molecule has 1 heterocycles. The number of nitrogens with one attached hydrogen (secondary N) is 1. The zero-order chi connectivity index (χ0) is 11.1. The molecule has 0 aromatic carbocycles. The van der Waals surface area contributed by atoms with Crippen molar-refractivity contribution in [3.8, 4) is 0 Å². The van der Waals surface area contributed by atoms with E-state index < -0.39 is 0 Å². The summed E-state index contributed by atoms with van der Waals surface area (Å²) in [4.78, 5) is 17.3. The Hall–Kier alpha value is -1.36. The van der Waals surface area contributed by atoms with E-state index in [1.54, 1.807) is 12.4 Å². The van der Waals surface area contributed by atoms with Gasteiger partial charge in [-0.15, -0.1) is 0 Å².